The lowest BCUT2D eigenvalue weighted by atomic mass is 10.1. The highest BCUT2D eigenvalue weighted by molar-refractivity contribution is 5.84. The van der Waals surface area contributed by atoms with E-state index in [-0.39, 0.29) is 6.04 Å². The second kappa shape index (κ2) is 9.10. The van der Waals surface area contributed by atoms with E-state index in [0.29, 0.717) is 18.0 Å². The first kappa shape index (κ1) is 21.3. The van der Waals surface area contributed by atoms with Crippen molar-refractivity contribution in [2.45, 2.75) is 64.2 Å². The van der Waals surface area contributed by atoms with Gasteiger partial charge in [-0.1, -0.05) is 43.2 Å². The quantitative estimate of drug-likeness (QED) is 0.594. The number of pyridine rings is 1. The molecule has 32 heavy (non-hydrogen) atoms. The van der Waals surface area contributed by atoms with Gasteiger partial charge in [0.1, 0.15) is 11.6 Å². The molecule has 3 aliphatic rings. The van der Waals surface area contributed by atoms with Crippen LogP contribution in [0.4, 0.5) is 5.82 Å². The molecule has 170 valence electrons. The van der Waals surface area contributed by atoms with Gasteiger partial charge in [-0.2, -0.15) is 0 Å². The maximum Gasteiger partial charge on any atom is 0.240 e. The van der Waals surface area contributed by atoms with Crippen LogP contribution in [0.25, 0.3) is 0 Å². The number of ether oxygens (including phenoxy) is 1. The van der Waals surface area contributed by atoms with E-state index >= 15 is 0 Å². The van der Waals surface area contributed by atoms with E-state index in [0.717, 1.165) is 70.0 Å². The molecule has 6 nitrogen and oxygen atoms in total. The molecule has 3 atom stereocenters. The molecule has 1 aromatic carbocycles. The lowest BCUT2D eigenvalue weighted by Gasteiger charge is -2.37. The van der Waals surface area contributed by atoms with Crippen molar-refractivity contribution in [1.82, 2.24) is 14.8 Å². The lowest BCUT2D eigenvalue weighted by molar-refractivity contribution is -0.133. The molecule has 0 N–H and O–H groups in total. The second-order valence-electron chi connectivity index (χ2n) is 9.50. The molecule has 0 saturated carbocycles. The van der Waals surface area contributed by atoms with Crippen LogP contribution in [0.5, 0.6) is 5.75 Å². The van der Waals surface area contributed by atoms with Gasteiger partial charge in [0.2, 0.25) is 5.91 Å². The Bertz CT molecular complexity index is 930. The number of amides is 1. The molecule has 4 heterocycles. The van der Waals surface area contributed by atoms with E-state index in [1.807, 2.05) is 17.2 Å². The van der Waals surface area contributed by atoms with Gasteiger partial charge in [0.05, 0.1) is 18.8 Å². The number of fused-ring (bicyclic) bond motifs is 2. The Morgan fingerprint density at radius 2 is 1.94 bits per heavy atom. The van der Waals surface area contributed by atoms with Gasteiger partial charge in [-0.25, -0.2) is 4.98 Å². The van der Waals surface area contributed by atoms with Gasteiger partial charge in [-0.05, 0) is 43.9 Å². The summed E-state index contributed by atoms with van der Waals surface area (Å²) in [5.74, 6) is 2.17. The van der Waals surface area contributed by atoms with Crippen LogP contribution in [-0.4, -0.2) is 65.1 Å². The number of carbonyl (C=O) groups excluding carboxylic acids is 1. The lowest BCUT2D eigenvalue weighted by Crippen LogP contribution is -2.52. The number of aromatic nitrogens is 1. The number of carbonyl (C=O) groups is 1. The number of benzene rings is 1. The highest BCUT2D eigenvalue weighted by atomic mass is 16.5. The van der Waals surface area contributed by atoms with E-state index in [4.69, 9.17) is 4.74 Å². The molecule has 5 rings (SSSR count). The molecule has 0 spiro atoms. The fourth-order valence-corrected chi connectivity index (χ4v) is 5.42. The smallest absolute Gasteiger partial charge is 0.240 e. The molecule has 2 bridgehead atoms. The van der Waals surface area contributed by atoms with Gasteiger partial charge in [-0.15, -0.1) is 0 Å². The normalized spacial score (nSPS) is 25.2. The minimum absolute atomic E-state index is 0.0416. The highest BCUT2D eigenvalue weighted by Gasteiger charge is 2.49. The first-order valence-corrected chi connectivity index (χ1v) is 12.1. The summed E-state index contributed by atoms with van der Waals surface area (Å²) in [6.07, 6.45) is 6.11. The molecule has 2 aromatic rings. The fourth-order valence-electron chi connectivity index (χ4n) is 5.42. The number of nitrogens with zero attached hydrogens (tertiary/aromatic N) is 4. The standard InChI is InChI=1S/C26H34N4O2/c1-3-4-13-32-23-9-10-25(27-15-23)30-18-21-14-22(30)17-29(21)24-11-12-28(26(24)31)16-20-7-5-19(2)6-8-20/h5-10,15,21-22,24H,3-4,11-14,16-18H2,1-2H3/t21-,22-,24+/m0/s1. The third-order valence-corrected chi connectivity index (χ3v) is 7.23. The maximum atomic E-state index is 13.2. The summed E-state index contributed by atoms with van der Waals surface area (Å²) in [7, 11) is 0. The summed E-state index contributed by atoms with van der Waals surface area (Å²) in [6, 6.07) is 13.6. The minimum Gasteiger partial charge on any atom is -0.492 e. The van der Waals surface area contributed by atoms with Crippen LogP contribution >= 0.6 is 0 Å². The molecule has 3 fully saturated rings. The Labute approximate surface area is 191 Å². The predicted octanol–water partition coefficient (Wildman–Crippen LogP) is 3.63. The summed E-state index contributed by atoms with van der Waals surface area (Å²) >= 11 is 0. The Kier molecular flexibility index (Phi) is 6.05. The van der Waals surface area contributed by atoms with E-state index in [2.05, 4.69) is 59.0 Å². The van der Waals surface area contributed by atoms with Crippen LogP contribution in [0.2, 0.25) is 0 Å². The summed E-state index contributed by atoms with van der Waals surface area (Å²) < 4.78 is 5.75. The predicted molar refractivity (Wildman–Crippen MR) is 126 cm³/mol. The molecule has 1 amide bonds. The molecule has 0 unspecified atom stereocenters. The zero-order valence-corrected chi connectivity index (χ0v) is 19.2. The maximum absolute atomic E-state index is 13.2. The SMILES string of the molecule is CCCCOc1ccc(N2C[C@@H]3C[C@H]2CN3[C@@H]2CCN(Cc3ccc(C)cc3)C2=O)nc1. The van der Waals surface area contributed by atoms with Crippen molar-refractivity contribution in [3.63, 3.8) is 0 Å². The number of rotatable bonds is 8. The van der Waals surface area contributed by atoms with E-state index < -0.39 is 0 Å². The molecular formula is C26H34N4O2. The van der Waals surface area contributed by atoms with E-state index in [1.54, 1.807) is 0 Å². The highest BCUT2D eigenvalue weighted by Crippen LogP contribution is 2.37. The van der Waals surface area contributed by atoms with Gasteiger partial charge < -0.3 is 14.5 Å². The molecule has 6 heteroatoms. The zero-order chi connectivity index (χ0) is 22.1. The molecule has 0 aliphatic carbocycles. The van der Waals surface area contributed by atoms with Crippen molar-refractivity contribution >= 4 is 11.7 Å². The number of hydrogen-bond donors (Lipinski definition) is 0. The largest absolute Gasteiger partial charge is 0.492 e. The number of aryl methyl sites for hydroxylation is 1. The summed E-state index contributed by atoms with van der Waals surface area (Å²) in [6.45, 7) is 8.49. The molecule has 1 aromatic heterocycles. The third kappa shape index (κ3) is 4.20. The monoisotopic (exact) mass is 434 g/mol. The van der Waals surface area contributed by atoms with Gasteiger partial charge in [-0.3, -0.25) is 9.69 Å². The number of anilines is 1. The van der Waals surface area contributed by atoms with Gasteiger partial charge in [0, 0.05) is 38.3 Å². The van der Waals surface area contributed by atoms with Gasteiger partial charge in [0.25, 0.3) is 0 Å². The van der Waals surface area contributed by atoms with Crippen molar-refractivity contribution in [1.29, 1.82) is 0 Å². The zero-order valence-electron chi connectivity index (χ0n) is 19.2. The van der Waals surface area contributed by atoms with Crippen LogP contribution in [0.15, 0.2) is 42.6 Å². The number of piperazine rings is 1. The summed E-state index contributed by atoms with van der Waals surface area (Å²) in [5.41, 5.74) is 2.47. The van der Waals surface area contributed by atoms with Crippen LogP contribution in [0.3, 0.4) is 0 Å². The van der Waals surface area contributed by atoms with E-state index in [1.165, 1.54) is 11.1 Å². The molecule has 3 saturated heterocycles. The van der Waals surface area contributed by atoms with Crippen molar-refractivity contribution < 1.29 is 9.53 Å². The van der Waals surface area contributed by atoms with Crippen LogP contribution in [0, 0.1) is 6.92 Å². The average molecular weight is 435 g/mol. The summed E-state index contributed by atoms with van der Waals surface area (Å²) in [5, 5.41) is 0. The fraction of sp³-hybridized carbons (Fsp3) is 0.538. The minimum atomic E-state index is 0.0416. The van der Waals surface area contributed by atoms with Crippen molar-refractivity contribution in [3.8, 4) is 5.75 Å². The first-order valence-electron chi connectivity index (χ1n) is 12.1. The molecular weight excluding hydrogens is 400 g/mol. The van der Waals surface area contributed by atoms with Crippen LogP contribution in [0.1, 0.15) is 43.7 Å². The first-order chi connectivity index (χ1) is 15.6. The average Bonchev–Trinajstić information content (AvgIpc) is 3.51. The number of hydrogen-bond acceptors (Lipinski definition) is 5. The molecule has 0 radical (unpaired) electrons. The van der Waals surface area contributed by atoms with Gasteiger partial charge >= 0.3 is 0 Å². The third-order valence-electron chi connectivity index (χ3n) is 7.23. The number of likely N-dealkylation sites (tertiary alicyclic amines) is 2. The second-order valence-corrected chi connectivity index (χ2v) is 9.50. The Morgan fingerprint density at radius 1 is 1.09 bits per heavy atom. The van der Waals surface area contributed by atoms with Crippen molar-refractivity contribution in [3.05, 3.63) is 53.7 Å². The van der Waals surface area contributed by atoms with Gasteiger partial charge in [0.15, 0.2) is 0 Å². The Hall–Kier alpha value is -2.60. The molecule has 3 aliphatic heterocycles. The summed E-state index contributed by atoms with van der Waals surface area (Å²) in [4.78, 5) is 24.8. The van der Waals surface area contributed by atoms with Crippen LogP contribution in [-0.2, 0) is 11.3 Å². The van der Waals surface area contributed by atoms with Crippen molar-refractivity contribution in [2.24, 2.45) is 0 Å². The van der Waals surface area contributed by atoms with Crippen molar-refractivity contribution in [2.75, 3.05) is 31.1 Å². The Morgan fingerprint density at radius 3 is 2.62 bits per heavy atom. The Balaban J connectivity index is 1.17. The van der Waals surface area contributed by atoms with E-state index in [9.17, 15) is 4.79 Å². The van der Waals surface area contributed by atoms with Crippen LogP contribution < -0.4 is 9.64 Å². The topological polar surface area (TPSA) is 48.9 Å². The number of unbranched alkanes of at least 4 members (excludes halogenated alkanes) is 1.